The maximum Gasteiger partial charge on any atom is 0.0931 e. The predicted octanol–water partition coefficient (Wildman–Crippen LogP) is 4.48. The lowest BCUT2D eigenvalue weighted by molar-refractivity contribution is 0.580. The van der Waals surface area contributed by atoms with E-state index in [9.17, 15) is 0 Å². The van der Waals surface area contributed by atoms with E-state index in [0.717, 1.165) is 23.3 Å². The highest BCUT2D eigenvalue weighted by Gasteiger charge is 2.22. The van der Waals surface area contributed by atoms with Crippen molar-refractivity contribution in [2.24, 2.45) is 0 Å². The number of rotatable bonds is 6. The Bertz CT molecular complexity index is 519. The number of nitrogens with one attached hydrogen (secondary N) is 1. The molecule has 1 saturated carbocycles. The summed E-state index contributed by atoms with van der Waals surface area (Å²) in [5, 5.41) is 3.65. The van der Waals surface area contributed by atoms with Crippen LogP contribution in [-0.2, 0) is 6.42 Å². The van der Waals surface area contributed by atoms with E-state index in [1.807, 2.05) is 6.07 Å². The second kappa shape index (κ2) is 6.08. The molecule has 1 aromatic carbocycles. The lowest BCUT2D eigenvalue weighted by atomic mass is 9.95. The maximum absolute atomic E-state index is 6.03. The summed E-state index contributed by atoms with van der Waals surface area (Å²) in [7, 11) is 0. The van der Waals surface area contributed by atoms with Crippen LogP contribution in [0.1, 0.15) is 29.2 Å². The van der Waals surface area contributed by atoms with E-state index in [2.05, 4.69) is 41.7 Å². The molecule has 1 nitrogen and oxygen atoms in total. The molecule has 2 aromatic rings. The van der Waals surface area contributed by atoms with Crippen LogP contribution >= 0.6 is 22.9 Å². The minimum atomic E-state index is 0.538. The Hall–Kier alpha value is -0.830. The first kappa shape index (κ1) is 13.2. The van der Waals surface area contributed by atoms with E-state index in [-0.39, 0.29) is 0 Å². The molecule has 19 heavy (non-hydrogen) atoms. The van der Waals surface area contributed by atoms with E-state index >= 15 is 0 Å². The summed E-state index contributed by atoms with van der Waals surface area (Å²) in [4.78, 5) is 1.37. The molecule has 0 amide bonds. The van der Waals surface area contributed by atoms with E-state index in [4.69, 9.17) is 11.6 Å². The zero-order chi connectivity index (χ0) is 13.1. The Morgan fingerprint density at radius 2 is 1.95 bits per heavy atom. The summed E-state index contributed by atoms with van der Waals surface area (Å²) in [6.07, 6.45) is 3.75. The standard InChI is InChI=1S/C16H18ClNS/c17-16-9-8-15(19-16)10-13(11-18-14-6-7-14)12-4-2-1-3-5-12/h1-5,8-9,13-14,18H,6-7,10-11H2. The van der Waals surface area contributed by atoms with E-state index in [0.29, 0.717) is 5.92 Å². The molecule has 1 heterocycles. The normalized spacial score (nSPS) is 16.5. The molecular formula is C16H18ClNS. The van der Waals surface area contributed by atoms with Crippen LogP contribution < -0.4 is 5.32 Å². The summed E-state index contributed by atoms with van der Waals surface area (Å²) in [6, 6.07) is 15.7. The van der Waals surface area contributed by atoms with Crippen molar-refractivity contribution >= 4 is 22.9 Å². The zero-order valence-corrected chi connectivity index (χ0v) is 12.4. The number of thiophene rings is 1. The van der Waals surface area contributed by atoms with Crippen LogP contribution in [0.15, 0.2) is 42.5 Å². The summed E-state index contributed by atoms with van der Waals surface area (Å²) in [5.41, 5.74) is 1.42. The second-order valence-corrected chi connectivity index (χ2v) is 7.00. The first-order valence-corrected chi connectivity index (χ1v) is 8.03. The van der Waals surface area contributed by atoms with Gasteiger partial charge in [-0.25, -0.2) is 0 Å². The molecule has 1 aromatic heterocycles. The fraction of sp³-hybridized carbons (Fsp3) is 0.375. The van der Waals surface area contributed by atoms with Gasteiger partial charge >= 0.3 is 0 Å². The zero-order valence-electron chi connectivity index (χ0n) is 10.8. The van der Waals surface area contributed by atoms with Gasteiger partial charge in [-0.05, 0) is 37.0 Å². The molecule has 1 atom stereocenters. The number of benzene rings is 1. The maximum atomic E-state index is 6.03. The van der Waals surface area contributed by atoms with Gasteiger partial charge in [-0.2, -0.15) is 0 Å². The SMILES string of the molecule is Clc1ccc(CC(CNC2CC2)c2ccccc2)s1. The van der Waals surface area contributed by atoms with Crippen LogP contribution in [0.4, 0.5) is 0 Å². The molecule has 1 aliphatic carbocycles. The van der Waals surface area contributed by atoms with Crippen molar-refractivity contribution in [1.29, 1.82) is 0 Å². The molecule has 0 radical (unpaired) electrons. The molecule has 1 N–H and O–H groups in total. The predicted molar refractivity (Wildman–Crippen MR) is 83.2 cm³/mol. The van der Waals surface area contributed by atoms with Crippen molar-refractivity contribution in [2.45, 2.75) is 31.2 Å². The van der Waals surface area contributed by atoms with Gasteiger partial charge in [0.05, 0.1) is 4.34 Å². The van der Waals surface area contributed by atoms with Crippen molar-refractivity contribution in [3.63, 3.8) is 0 Å². The van der Waals surface area contributed by atoms with Crippen molar-refractivity contribution in [1.82, 2.24) is 5.32 Å². The Labute approximate surface area is 123 Å². The van der Waals surface area contributed by atoms with Crippen LogP contribution in [0.3, 0.4) is 0 Å². The Morgan fingerprint density at radius 1 is 1.16 bits per heavy atom. The van der Waals surface area contributed by atoms with Gasteiger partial charge in [0.15, 0.2) is 0 Å². The molecular weight excluding hydrogens is 274 g/mol. The van der Waals surface area contributed by atoms with Gasteiger partial charge in [-0.3, -0.25) is 0 Å². The number of halogens is 1. The third kappa shape index (κ3) is 3.82. The Kier molecular flexibility index (Phi) is 4.21. The van der Waals surface area contributed by atoms with Crippen LogP contribution in [-0.4, -0.2) is 12.6 Å². The van der Waals surface area contributed by atoms with Crippen molar-refractivity contribution in [2.75, 3.05) is 6.54 Å². The molecule has 0 bridgehead atoms. The minimum absolute atomic E-state index is 0.538. The van der Waals surface area contributed by atoms with Gasteiger partial charge in [0.25, 0.3) is 0 Å². The minimum Gasteiger partial charge on any atom is -0.313 e. The van der Waals surface area contributed by atoms with Gasteiger partial charge in [0, 0.05) is 23.4 Å². The fourth-order valence-electron chi connectivity index (χ4n) is 2.33. The second-order valence-electron chi connectivity index (χ2n) is 5.20. The number of hydrogen-bond donors (Lipinski definition) is 1. The number of hydrogen-bond acceptors (Lipinski definition) is 2. The largest absolute Gasteiger partial charge is 0.313 e. The van der Waals surface area contributed by atoms with Crippen molar-refractivity contribution in [3.05, 3.63) is 57.2 Å². The molecule has 1 aliphatic rings. The van der Waals surface area contributed by atoms with Crippen molar-refractivity contribution < 1.29 is 0 Å². The Morgan fingerprint density at radius 3 is 2.58 bits per heavy atom. The smallest absolute Gasteiger partial charge is 0.0931 e. The summed E-state index contributed by atoms with van der Waals surface area (Å²) in [6.45, 7) is 1.06. The van der Waals surface area contributed by atoms with Crippen molar-refractivity contribution in [3.8, 4) is 0 Å². The quantitative estimate of drug-likeness (QED) is 0.827. The van der Waals surface area contributed by atoms with Gasteiger partial charge in [0.1, 0.15) is 0 Å². The summed E-state index contributed by atoms with van der Waals surface area (Å²) < 4.78 is 0.886. The van der Waals surface area contributed by atoms with E-state index in [1.54, 1.807) is 11.3 Å². The van der Waals surface area contributed by atoms with Gasteiger partial charge in [-0.1, -0.05) is 41.9 Å². The van der Waals surface area contributed by atoms with E-state index in [1.165, 1.54) is 23.3 Å². The molecule has 100 valence electrons. The van der Waals surface area contributed by atoms with Gasteiger partial charge in [-0.15, -0.1) is 11.3 Å². The Balaban J connectivity index is 1.71. The summed E-state index contributed by atoms with van der Waals surface area (Å²) >= 11 is 7.73. The topological polar surface area (TPSA) is 12.0 Å². The average molecular weight is 292 g/mol. The molecule has 0 spiro atoms. The molecule has 0 aliphatic heterocycles. The van der Waals surface area contributed by atoms with Gasteiger partial charge in [0.2, 0.25) is 0 Å². The van der Waals surface area contributed by atoms with Crippen LogP contribution in [0.2, 0.25) is 4.34 Å². The van der Waals surface area contributed by atoms with Crippen LogP contribution in [0.5, 0.6) is 0 Å². The molecule has 1 unspecified atom stereocenters. The molecule has 0 saturated heterocycles. The lowest BCUT2D eigenvalue weighted by Gasteiger charge is -2.17. The molecule has 1 fully saturated rings. The highest BCUT2D eigenvalue weighted by molar-refractivity contribution is 7.16. The third-order valence-electron chi connectivity index (χ3n) is 3.58. The first-order valence-electron chi connectivity index (χ1n) is 6.84. The average Bonchev–Trinajstić information content (AvgIpc) is 3.18. The first-order chi connectivity index (χ1) is 9.31. The third-order valence-corrected chi connectivity index (χ3v) is 4.83. The monoisotopic (exact) mass is 291 g/mol. The van der Waals surface area contributed by atoms with Gasteiger partial charge < -0.3 is 5.32 Å². The fourth-order valence-corrected chi connectivity index (χ4v) is 3.50. The highest BCUT2D eigenvalue weighted by atomic mass is 35.5. The van der Waals surface area contributed by atoms with Crippen LogP contribution in [0, 0.1) is 0 Å². The lowest BCUT2D eigenvalue weighted by Crippen LogP contribution is -2.24. The van der Waals surface area contributed by atoms with Crippen LogP contribution in [0.25, 0.3) is 0 Å². The molecule has 3 rings (SSSR count). The molecule has 3 heteroatoms. The highest BCUT2D eigenvalue weighted by Crippen LogP contribution is 2.28. The summed E-state index contributed by atoms with van der Waals surface area (Å²) in [5.74, 6) is 0.538. The van der Waals surface area contributed by atoms with E-state index < -0.39 is 0 Å².